The molecule has 0 aliphatic heterocycles. The Morgan fingerprint density at radius 3 is 2.68 bits per heavy atom. The minimum atomic E-state index is -0.685. The molecule has 2 aromatic carbocycles. The largest absolute Gasteiger partial charge is 0.496 e. The van der Waals surface area contributed by atoms with Crippen LogP contribution in [0.3, 0.4) is 0 Å². The average Bonchev–Trinajstić information content (AvgIpc) is 3.46. The monoisotopic (exact) mass is 434 g/mol. The first-order valence-electron chi connectivity index (χ1n) is 9.79. The number of hydrogen-bond donors (Lipinski definition) is 2. The second-order valence-electron chi connectivity index (χ2n) is 6.99. The third kappa shape index (κ3) is 4.59. The van der Waals surface area contributed by atoms with Crippen molar-refractivity contribution in [1.29, 1.82) is 0 Å². The number of aromatic nitrogens is 2. The van der Waals surface area contributed by atoms with Gasteiger partial charge in [-0.15, -0.1) is 0 Å². The van der Waals surface area contributed by atoms with E-state index in [1.165, 1.54) is 11.3 Å². The average molecular weight is 435 g/mol. The number of rotatable bonds is 7. The number of thiazole rings is 1. The van der Waals surface area contributed by atoms with E-state index in [1.807, 2.05) is 59.4 Å². The van der Waals surface area contributed by atoms with Crippen molar-refractivity contribution >= 4 is 33.4 Å². The van der Waals surface area contributed by atoms with Crippen LogP contribution in [0, 0.1) is 0 Å². The summed E-state index contributed by atoms with van der Waals surface area (Å²) in [4.78, 5) is 29.7. The second kappa shape index (κ2) is 9.01. The van der Waals surface area contributed by atoms with E-state index in [4.69, 9.17) is 4.74 Å². The number of para-hydroxylation sites is 1. The van der Waals surface area contributed by atoms with E-state index in [9.17, 15) is 9.59 Å². The van der Waals surface area contributed by atoms with Crippen molar-refractivity contribution in [2.24, 2.45) is 0 Å². The van der Waals surface area contributed by atoms with Gasteiger partial charge in [0.1, 0.15) is 11.8 Å². The molecule has 0 spiro atoms. The third-order valence-corrected chi connectivity index (χ3v) is 5.88. The minimum Gasteiger partial charge on any atom is -0.496 e. The van der Waals surface area contributed by atoms with Crippen LogP contribution < -0.4 is 15.4 Å². The molecule has 2 N–H and O–H groups in total. The van der Waals surface area contributed by atoms with Gasteiger partial charge in [-0.25, -0.2) is 4.98 Å². The van der Waals surface area contributed by atoms with E-state index < -0.39 is 6.04 Å². The van der Waals surface area contributed by atoms with E-state index in [0.29, 0.717) is 17.9 Å². The zero-order valence-electron chi connectivity index (χ0n) is 17.2. The van der Waals surface area contributed by atoms with Gasteiger partial charge in [-0.05, 0) is 43.3 Å². The van der Waals surface area contributed by atoms with Crippen molar-refractivity contribution < 1.29 is 14.3 Å². The number of carbonyl (C=O) groups is 2. The Morgan fingerprint density at radius 1 is 1.13 bits per heavy atom. The van der Waals surface area contributed by atoms with Crippen molar-refractivity contribution in [2.75, 3.05) is 7.11 Å². The summed E-state index contributed by atoms with van der Waals surface area (Å²) in [5.41, 5.74) is 2.18. The highest BCUT2D eigenvalue weighted by Crippen LogP contribution is 2.26. The lowest BCUT2D eigenvalue weighted by atomic mass is 10.1. The quantitative estimate of drug-likeness (QED) is 0.466. The number of benzene rings is 2. The fourth-order valence-corrected chi connectivity index (χ4v) is 4.13. The Hall–Kier alpha value is -3.65. The molecule has 0 bridgehead atoms. The summed E-state index contributed by atoms with van der Waals surface area (Å²) >= 11 is 1.50. The van der Waals surface area contributed by atoms with Crippen LogP contribution in [0.4, 0.5) is 0 Å². The lowest BCUT2D eigenvalue weighted by Crippen LogP contribution is -2.44. The molecule has 158 valence electrons. The number of nitrogens with one attached hydrogen (secondary N) is 2. The molecule has 1 unspecified atom stereocenters. The fourth-order valence-electron chi connectivity index (χ4n) is 3.16. The van der Waals surface area contributed by atoms with Gasteiger partial charge < -0.3 is 19.9 Å². The van der Waals surface area contributed by atoms with Crippen molar-refractivity contribution in [1.82, 2.24) is 20.2 Å². The summed E-state index contributed by atoms with van der Waals surface area (Å²) in [5.74, 6) is 0.127. The molecule has 4 rings (SSSR count). The number of amides is 2. The molecule has 31 heavy (non-hydrogen) atoms. The molecule has 8 heteroatoms. The third-order valence-electron chi connectivity index (χ3n) is 4.85. The highest BCUT2D eigenvalue weighted by molar-refractivity contribution is 7.20. The Morgan fingerprint density at radius 2 is 1.90 bits per heavy atom. The molecule has 0 fully saturated rings. The van der Waals surface area contributed by atoms with Crippen LogP contribution in [0.25, 0.3) is 15.3 Å². The number of methoxy groups -OCH3 is 1. The van der Waals surface area contributed by atoms with Gasteiger partial charge in [0, 0.05) is 30.1 Å². The van der Waals surface area contributed by atoms with Gasteiger partial charge in [0.05, 0.1) is 17.3 Å². The Balaban J connectivity index is 1.40. The molecule has 0 saturated heterocycles. The molecule has 0 radical (unpaired) electrons. The molecule has 4 aromatic rings. The Labute approximate surface area is 183 Å². The molecule has 2 aromatic heterocycles. The maximum Gasteiger partial charge on any atom is 0.251 e. The van der Waals surface area contributed by atoms with Crippen molar-refractivity contribution in [3.8, 4) is 10.9 Å². The highest BCUT2D eigenvalue weighted by atomic mass is 32.1. The number of hydrogen-bond acceptors (Lipinski definition) is 5. The minimum absolute atomic E-state index is 0.270. The highest BCUT2D eigenvalue weighted by Gasteiger charge is 2.18. The summed E-state index contributed by atoms with van der Waals surface area (Å²) in [7, 11) is 1.59. The van der Waals surface area contributed by atoms with Gasteiger partial charge in [-0.1, -0.05) is 29.5 Å². The molecule has 0 aliphatic carbocycles. The number of ether oxygens (including phenoxy) is 1. The summed E-state index contributed by atoms with van der Waals surface area (Å²) in [5, 5.41) is 6.43. The van der Waals surface area contributed by atoms with Gasteiger partial charge in [-0.2, -0.15) is 0 Å². The zero-order valence-corrected chi connectivity index (χ0v) is 18.0. The van der Waals surface area contributed by atoms with Crippen molar-refractivity contribution in [2.45, 2.75) is 19.5 Å². The second-order valence-corrected chi connectivity index (χ2v) is 8.00. The maximum absolute atomic E-state index is 12.7. The van der Waals surface area contributed by atoms with Crippen LogP contribution in [0.15, 0.2) is 67.0 Å². The van der Waals surface area contributed by atoms with E-state index in [2.05, 4.69) is 15.6 Å². The molecule has 2 amide bonds. The lowest BCUT2D eigenvalue weighted by molar-refractivity contribution is -0.122. The number of fused-ring (bicyclic) bond motifs is 1. The summed E-state index contributed by atoms with van der Waals surface area (Å²) < 4.78 is 8.13. The van der Waals surface area contributed by atoms with Crippen LogP contribution in [-0.4, -0.2) is 34.5 Å². The first kappa shape index (κ1) is 20.6. The summed E-state index contributed by atoms with van der Waals surface area (Å²) in [6, 6.07) is 16.0. The zero-order chi connectivity index (χ0) is 21.8. The van der Waals surface area contributed by atoms with E-state index in [0.717, 1.165) is 20.9 Å². The summed E-state index contributed by atoms with van der Waals surface area (Å²) in [6.07, 6.45) is 3.85. The molecule has 1 atom stereocenters. The molecule has 7 nitrogen and oxygen atoms in total. The van der Waals surface area contributed by atoms with Crippen LogP contribution >= 0.6 is 11.3 Å². The first-order valence-corrected chi connectivity index (χ1v) is 10.6. The van der Waals surface area contributed by atoms with Crippen LogP contribution in [0.5, 0.6) is 5.75 Å². The molecule has 2 heterocycles. The predicted octanol–water partition coefficient (Wildman–Crippen LogP) is 3.53. The van der Waals surface area contributed by atoms with Gasteiger partial charge in [0.2, 0.25) is 5.91 Å². The smallest absolute Gasteiger partial charge is 0.251 e. The van der Waals surface area contributed by atoms with Crippen LogP contribution in [0.1, 0.15) is 22.8 Å². The van der Waals surface area contributed by atoms with Crippen LogP contribution in [0.2, 0.25) is 0 Å². The van der Waals surface area contributed by atoms with Gasteiger partial charge >= 0.3 is 0 Å². The number of nitrogens with zero attached hydrogens (tertiary/aromatic N) is 2. The number of carbonyl (C=O) groups excluding carboxylic acids is 2. The molecular weight excluding hydrogens is 412 g/mol. The maximum atomic E-state index is 12.7. The molecule has 0 saturated carbocycles. The first-order chi connectivity index (χ1) is 15.0. The topological polar surface area (TPSA) is 85.2 Å². The molecule has 0 aliphatic rings. The Kier molecular flexibility index (Phi) is 5.99. The predicted molar refractivity (Wildman–Crippen MR) is 121 cm³/mol. The lowest BCUT2D eigenvalue weighted by Gasteiger charge is -2.15. The van der Waals surface area contributed by atoms with E-state index in [-0.39, 0.29) is 11.8 Å². The summed E-state index contributed by atoms with van der Waals surface area (Å²) in [6.45, 7) is 1.98. The van der Waals surface area contributed by atoms with E-state index in [1.54, 1.807) is 26.2 Å². The standard InChI is InChI=1S/C23H22N4O3S/c1-15(21(28)24-14-17-7-3-4-8-19(17)30-2)25-22(29)16-9-10-18-20(13-16)31-23(26-18)27-11-5-6-12-27/h3-13,15H,14H2,1-2H3,(H,24,28)(H,25,29). The van der Waals surface area contributed by atoms with Gasteiger partial charge in [0.25, 0.3) is 5.91 Å². The normalized spacial score (nSPS) is 11.8. The Bertz CT molecular complexity index is 1220. The van der Waals surface area contributed by atoms with Crippen molar-refractivity contribution in [3.63, 3.8) is 0 Å². The van der Waals surface area contributed by atoms with Gasteiger partial charge in [-0.3, -0.25) is 9.59 Å². The molecular formula is C23H22N4O3S. The van der Waals surface area contributed by atoms with Crippen LogP contribution in [-0.2, 0) is 11.3 Å². The van der Waals surface area contributed by atoms with Gasteiger partial charge in [0.15, 0.2) is 5.13 Å². The fraction of sp³-hybridized carbons (Fsp3) is 0.174. The van der Waals surface area contributed by atoms with Crippen molar-refractivity contribution in [3.05, 3.63) is 78.1 Å². The van der Waals surface area contributed by atoms with E-state index >= 15 is 0 Å². The SMILES string of the molecule is COc1ccccc1CNC(=O)C(C)NC(=O)c1ccc2nc(-n3cccc3)sc2c1.